The molecular weight excluding hydrogens is 276 g/mol. The normalized spacial score (nSPS) is 11.7. The zero-order valence-corrected chi connectivity index (χ0v) is 11.5. The van der Waals surface area contributed by atoms with Gasteiger partial charge in [0.2, 0.25) is 5.09 Å². The van der Waals surface area contributed by atoms with E-state index in [2.05, 4.69) is 4.98 Å². The second-order valence-corrected chi connectivity index (χ2v) is 6.16. The van der Waals surface area contributed by atoms with Crippen molar-refractivity contribution >= 4 is 26.6 Å². The molecule has 2 aromatic heterocycles. The molecule has 0 aliphatic heterocycles. The molecule has 0 radical (unpaired) electrons. The molecule has 0 saturated carbocycles. The van der Waals surface area contributed by atoms with Crippen LogP contribution < -0.4 is 4.31 Å². The third-order valence-corrected chi connectivity index (χ3v) is 4.72. The van der Waals surface area contributed by atoms with Gasteiger partial charge in [-0.25, -0.2) is 0 Å². The minimum atomic E-state index is -3.71. The lowest BCUT2D eigenvalue weighted by Crippen LogP contribution is -2.26. The Morgan fingerprint density at radius 1 is 1.10 bits per heavy atom. The predicted octanol–water partition coefficient (Wildman–Crippen LogP) is 2.65. The van der Waals surface area contributed by atoms with Gasteiger partial charge in [-0.2, -0.15) is 8.42 Å². The monoisotopic (exact) mass is 288 g/mol. The molecule has 0 unspecified atom stereocenters. The van der Waals surface area contributed by atoms with Crippen molar-refractivity contribution in [2.75, 3.05) is 11.4 Å². The van der Waals surface area contributed by atoms with Gasteiger partial charge in [-0.3, -0.25) is 9.29 Å². The van der Waals surface area contributed by atoms with Gasteiger partial charge in [-0.15, -0.1) is 0 Å². The molecule has 1 aromatic carbocycles. The number of sulfonamides is 1. The molecule has 0 fully saturated rings. The summed E-state index contributed by atoms with van der Waals surface area (Å²) in [5.74, 6) is 0. The minimum Gasteiger partial charge on any atom is -0.451 e. The summed E-state index contributed by atoms with van der Waals surface area (Å²) in [6.07, 6.45) is 2.97. The van der Waals surface area contributed by atoms with E-state index in [1.165, 1.54) is 23.7 Å². The Kier molecular flexibility index (Phi) is 2.94. The fourth-order valence-corrected chi connectivity index (χ4v) is 3.12. The molecule has 20 heavy (non-hydrogen) atoms. The summed E-state index contributed by atoms with van der Waals surface area (Å²) < 4.78 is 31.1. The molecule has 0 amide bonds. The number of hydrogen-bond acceptors (Lipinski definition) is 4. The Hall–Kier alpha value is -2.34. The molecule has 5 nitrogen and oxygen atoms in total. The minimum absolute atomic E-state index is 0.0899. The fourth-order valence-electron chi connectivity index (χ4n) is 2.02. The van der Waals surface area contributed by atoms with Crippen LogP contribution in [0.2, 0.25) is 0 Å². The maximum absolute atomic E-state index is 12.4. The van der Waals surface area contributed by atoms with Crippen LogP contribution in [0.5, 0.6) is 0 Å². The molecular formula is C14H12N2O3S. The molecule has 0 spiro atoms. The summed E-state index contributed by atoms with van der Waals surface area (Å²) in [6, 6.07) is 12.1. The van der Waals surface area contributed by atoms with E-state index >= 15 is 0 Å². The molecule has 0 saturated heterocycles. The zero-order chi connectivity index (χ0) is 14.2. The van der Waals surface area contributed by atoms with E-state index in [0.717, 1.165) is 5.39 Å². The van der Waals surface area contributed by atoms with Gasteiger partial charge in [0.05, 0.1) is 17.5 Å². The Labute approximate surface area is 116 Å². The van der Waals surface area contributed by atoms with Crippen molar-refractivity contribution in [1.82, 2.24) is 4.98 Å². The lowest BCUT2D eigenvalue weighted by molar-refractivity contribution is 0.449. The quantitative estimate of drug-likeness (QED) is 0.743. The Morgan fingerprint density at radius 3 is 2.65 bits per heavy atom. The standard InChI is InChI=1S/C14H12N2O3S/c1-16(20(17,18)13-8-4-10-19-13)12-7-2-5-11-6-3-9-15-14(11)12/h2-10H,1H3. The summed E-state index contributed by atoms with van der Waals surface area (Å²) in [7, 11) is -2.23. The predicted molar refractivity (Wildman–Crippen MR) is 76.0 cm³/mol. The Morgan fingerprint density at radius 2 is 1.90 bits per heavy atom. The smallest absolute Gasteiger partial charge is 0.297 e. The Bertz CT molecular complexity index is 836. The van der Waals surface area contributed by atoms with E-state index in [1.54, 1.807) is 24.4 Å². The van der Waals surface area contributed by atoms with Crippen LogP contribution in [-0.2, 0) is 10.0 Å². The molecule has 102 valence electrons. The third kappa shape index (κ3) is 1.94. The molecule has 0 aliphatic carbocycles. The van der Waals surface area contributed by atoms with Crippen LogP contribution in [0.25, 0.3) is 10.9 Å². The highest BCUT2D eigenvalue weighted by Gasteiger charge is 2.25. The molecule has 3 rings (SSSR count). The first-order chi connectivity index (χ1) is 9.60. The van der Waals surface area contributed by atoms with Crippen LogP contribution in [0, 0.1) is 0 Å². The van der Waals surface area contributed by atoms with Crippen molar-refractivity contribution in [3.8, 4) is 0 Å². The van der Waals surface area contributed by atoms with Gasteiger partial charge >= 0.3 is 0 Å². The van der Waals surface area contributed by atoms with Crippen molar-refractivity contribution in [3.05, 3.63) is 54.9 Å². The van der Waals surface area contributed by atoms with E-state index in [4.69, 9.17) is 4.42 Å². The first-order valence-electron chi connectivity index (χ1n) is 5.97. The lowest BCUT2D eigenvalue weighted by atomic mass is 10.2. The van der Waals surface area contributed by atoms with E-state index in [1.807, 2.05) is 18.2 Å². The van der Waals surface area contributed by atoms with Gasteiger partial charge < -0.3 is 4.42 Å². The van der Waals surface area contributed by atoms with Gasteiger partial charge in [0, 0.05) is 18.6 Å². The van der Waals surface area contributed by atoms with Crippen molar-refractivity contribution in [1.29, 1.82) is 0 Å². The second kappa shape index (κ2) is 4.64. The number of nitrogens with zero attached hydrogens (tertiary/aromatic N) is 2. The molecule has 3 aromatic rings. The number of furan rings is 1. The maximum Gasteiger partial charge on any atom is 0.297 e. The fraction of sp³-hybridized carbons (Fsp3) is 0.0714. The molecule has 2 heterocycles. The highest BCUT2D eigenvalue weighted by atomic mass is 32.2. The number of rotatable bonds is 3. The number of aromatic nitrogens is 1. The summed E-state index contributed by atoms with van der Waals surface area (Å²) in [6.45, 7) is 0. The van der Waals surface area contributed by atoms with Crippen LogP contribution in [0.15, 0.2) is 64.4 Å². The van der Waals surface area contributed by atoms with Crippen LogP contribution in [0.4, 0.5) is 5.69 Å². The molecule has 6 heteroatoms. The summed E-state index contributed by atoms with van der Waals surface area (Å²) >= 11 is 0. The summed E-state index contributed by atoms with van der Waals surface area (Å²) in [5.41, 5.74) is 1.15. The van der Waals surface area contributed by atoms with E-state index in [0.29, 0.717) is 11.2 Å². The van der Waals surface area contributed by atoms with Gasteiger partial charge in [0.15, 0.2) is 0 Å². The van der Waals surface area contributed by atoms with E-state index in [-0.39, 0.29) is 5.09 Å². The van der Waals surface area contributed by atoms with Gasteiger partial charge in [-0.1, -0.05) is 18.2 Å². The topological polar surface area (TPSA) is 63.4 Å². The van der Waals surface area contributed by atoms with Gasteiger partial charge in [0.1, 0.15) is 0 Å². The molecule has 0 N–H and O–H groups in total. The van der Waals surface area contributed by atoms with Crippen LogP contribution in [0.1, 0.15) is 0 Å². The third-order valence-electron chi connectivity index (χ3n) is 3.06. The van der Waals surface area contributed by atoms with Gasteiger partial charge in [-0.05, 0) is 24.3 Å². The van der Waals surface area contributed by atoms with Crippen molar-refractivity contribution in [2.24, 2.45) is 0 Å². The highest BCUT2D eigenvalue weighted by Crippen LogP contribution is 2.28. The van der Waals surface area contributed by atoms with Crippen LogP contribution >= 0.6 is 0 Å². The van der Waals surface area contributed by atoms with Crippen molar-refractivity contribution in [3.63, 3.8) is 0 Å². The van der Waals surface area contributed by atoms with Gasteiger partial charge in [0.25, 0.3) is 10.0 Å². The van der Waals surface area contributed by atoms with Crippen molar-refractivity contribution in [2.45, 2.75) is 5.09 Å². The number of para-hydroxylation sites is 1. The summed E-state index contributed by atoms with van der Waals surface area (Å²) in [4.78, 5) is 4.26. The maximum atomic E-state index is 12.4. The van der Waals surface area contributed by atoms with E-state index in [9.17, 15) is 8.42 Å². The second-order valence-electron chi connectivity index (χ2n) is 4.26. The van der Waals surface area contributed by atoms with E-state index < -0.39 is 10.0 Å². The van der Waals surface area contributed by atoms with Crippen LogP contribution in [0.3, 0.4) is 0 Å². The number of hydrogen-bond donors (Lipinski definition) is 0. The molecule has 0 bridgehead atoms. The molecule has 0 aliphatic rings. The first-order valence-corrected chi connectivity index (χ1v) is 7.41. The summed E-state index contributed by atoms with van der Waals surface area (Å²) in [5, 5.41) is 0.791. The molecule has 0 atom stereocenters. The largest absolute Gasteiger partial charge is 0.451 e. The first kappa shape index (κ1) is 12.7. The zero-order valence-electron chi connectivity index (χ0n) is 10.7. The van der Waals surface area contributed by atoms with Crippen molar-refractivity contribution < 1.29 is 12.8 Å². The number of benzene rings is 1. The number of fused-ring (bicyclic) bond motifs is 1. The van der Waals surface area contributed by atoms with Crippen LogP contribution in [-0.4, -0.2) is 20.4 Å². The number of pyridine rings is 1. The SMILES string of the molecule is CN(c1cccc2cccnc12)S(=O)(=O)c1ccco1. The lowest BCUT2D eigenvalue weighted by Gasteiger charge is -2.19. The highest BCUT2D eigenvalue weighted by molar-refractivity contribution is 7.92. The average molecular weight is 288 g/mol. The average Bonchev–Trinajstić information content (AvgIpc) is 3.01. The number of anilines is 1. The Balaban J connectivity index is 2.17.